The number of rotatable bonds is 3. The van der Waals surface area contributed by atoms with Gasteiger partial charge in [0.15, 0.2) is 11.5 Å². The molecular weight excluding hydrogens is 170 g/mol. The molecule has 0 aromatic carbocycles. The van der Waals surface area contributed by atoms with Gasteiger partial charge in [-0.3, -0.25) is 9.79 Å². The highest BCUT2D eigenvalue weighted by atomic mass is 16.1. The van der Waals surface area contributed by atoms with Gasteiger partial charge in [0, 0.05) is 13.6 Å². The zero-order valence-electron chi connectivity index (χ0n) is 7.61. The van der Waals surface area contributed by atoms with Gasteiger partial charge in [-0.15, -0.1) is 5.10 Å². The van der Waals surface area contributed by atoms with Crippen molar-refractivity contribution in [3.8, 4) is 0 Å². The first-order valence-corrected chi connectivity index (χ1v) is 3.84. The molecule has 0 radical (unpaired) electrons. The second-order valence-electron chi connectivity index (χ2n) is 2.49. The van der Waals surface area contributed by atoms with E-state index in [4.69, 9.17) is 0 Å². The Hall–Kier alpha value is -1.72. The number of nitrogens with zero attached hydrogens (tertiary/aromatic N) is 4. The monoisotopic (exact) mass is 181 g/mol. The van der Waals surface area contributed by atoms with E-state index in [-0.39, 0.29) is 11.2 Å². The Labute approximate surface area is 75.3 Å². The lowest BCUT2D eigenvalue weighted by Gasteiger charge is -2.14. The molecule has 0 bridgehead atoms. The summed E-state index contributed by atoms with van der Waals surface area (Å²) in [6, 6.07) is 0. The van der Waals surface area contributed by atoms with Crippen LogP contribution in [-0.2, 0) is 0 Å². The smallest absolute Gasteiger partial charge is 0.295 e. The van der Waals surface area contributed by atoms with Crippen LogP contribution in [0.1, 0.15) is 6.92 Å². The molecule has 1 aromatic heterocycles. The third-order valence-electron chi connectivity index (χ3n) is 1.72. The Morgan fingerprint density at radius 1 is 1.69 bits per heavy atom. The molecule has 0 amide bonds. The average Bonchev–Trinajstić information content (AvgIpc) is 2.16. The van der Waals surface area contributed by atoms with Gasteiger partial charge in [0.2, 0.25) is 0 Å². The van der Waals surface area contributed by atoms with Gasteiger partial charge in [0.05, 0.1) is 0 Å². The first kappa shape index (κ1) is 9.37. The van der Waals surface area contributed by atoms with Gasteiger partial charge in [-0.1, -0.05) is 5.21 Å². The minimum atomic E-state index is -0.375. The molecule has 13 heavy (non-hydrogen) atoms. The summed E-state index contributed by atoms with van der Waals surface area (Å²) in [5.41, 5.74) is -0.167. The van der Waals surface area contributed by atoms with Crippen molar-refractivity contribution in [3.05, 3.63) is 10.4 Å². The maximum Gasteiger partial charge on any atom is 0.295 e. The summed E-state index contributed by atoms with van der Waals surface area (Å²) in [7, 11) is 1.80. The summed E-state index contributed by atoms with van der Waals surface area (Å²) in [6.07, 6.45) is 0. The first-order chi connectivity index (χ1) is 6.20. The molecule has 0 unspecified atom stereocenters. The quantitative estimate of drug-likeness (QED) is 0.663. The Balaban J connectivity index is 3.28. The number of H-pyrrole nitrogens is 1. The normalized spacial score (nSPS) is 9.69. The van der Waals surface area contributed by atoms with E-state index >= 15 is 0 Å². The molecule has 70 valence electrons. The van der Waals surface area contributed by atoms with E-state index < -0.39 is 0 Å². The van der Waals surface area contributed by atoms with E-state index in [9.17, 15) is 4.79 Å². The topological polar surface area (TPSA) is 74.2 Å². The molecule has 1 N–H and O–H groups in total. The van der Waals surface area contributed by atoms with E-state index in [1.807, 2.05) is 6.92 Å². The van der Waals surface area contributed by atoms with Gasteiger partial charge in [0.25, 0.3) is 5.56 Å². The van der Waals surface area contributed by atoms with E-state index in [1.54, 1.807) is 11.9 Å². The Morgan fingerprint density at radius 3 is 2.92 bits per heavy atom. The summed E-state index contributed by atoms with van der Waals surface area (Å²) in [4.78, 5) is 16.5. The van der Waals surface area contributed by atoms with Crippen LogP contribution in [0.15, 0.2) is 9.79 Å². The van der Waals surface area contributed by atoms with Crippen LogP contribution >= 0.6 is 0 Å². The predicted molar refractivity (Wildman–Crippen MR) is 50.8 cm³/mol. The lowest BCUT2D eigenvalue weighted by atomic mass is 10.4. The largest absolute Gasteiger partial charge is 0.356 e. The first-order valence-electron chi connectivity index (χ1n) is 3.84. The Kier molecular flexibility index (Phi) is 2.73. The van der Waals surface area contributed by atoms with Crippen molar-refractivity contribution in [1.82, 2.24) is 15.4 Å². The highest BCUT2D eigenvalue weighted by molar-refractivity contribution is 5.62. The molecule has 6 nitrogen and oxygen atoms in total. The summed E-state index contributed by atoms with van der Waals surface area (Å²) in [5, 5.41) is 9.41. The summed E-state index contributed by atoms with van der Waals surface area (Å²) in [5.74, 6) is 0.446. The Bertz CT molecular complexity index is 358. The van der Waals surface area contributed by atoms with Crippen LogP contribution < -0.4 is 10.5 Å². The molecule has 0 aliphatic rings. The van der Waals surface area contributed by atoms with Crippen LogP contribution in [-0.4, -0.2) is 35.7 Å². The van der Waals surface area contributed by atoms with Crippen LogP contribution in [0.5, 0.6) is 0 Å². The van der Waals surface area contributed by atoms with Gasteiger partial charge in [-0.25, -0.2) is 5.10 Å². The predicted octanol–water partition coefficient (Wildman–Crippen LogP) is -0.0469. The van der Waals surface area contributed by atoms with Gasteiger partial charge >= 0.3 is 0 Å². The minimum Gasteiger partial charge on any atom is -0.356 e. The zero-order valence-corrected chi connectivity index (χ0v) is 7.61. The second-order valence-corrected chi connectivity index (χ2v) is 2.49. The van der Waals surface area contributed by atoms with Crippen molar-refractivity contribution in [1.29, 1.82) is 0 Å². The molecule has 0 atom stereocenters. The van der Waals surface area contributed by atoms with Crippen molar-refractivity contribution in [3.63, 3.8) is 0 Å². The van der Waals surface area contributed by atoms with Crippen LogP contribution in [0.3, 0.4) is 0 Å². The number of aromatic amines is 1. The van der Waals surface area contributed by atoms with Crippen LogP contribution in [0, 0.1) is 0 Å². The average molecular weight is 181 g/mol. The van der Waals surface area contributed by atoms with Crippen molar-refractivity contribution in [2.24, 2.45) is 4.99 Å². The molecule has 1 rings (SSSR count). The molecular formula is C7H11N5O. The summed E-state index contributed by atoms with van der Waals surface area (Å²) >= 11 is 0. The van der Waals surface area contributed by atoms with Gasteiger partial charge in [0.1, 0.15) is 0 Å². The number of hydrogen-bond acceptors (Lipinski definition) is 5. The highest BCUT2D eigenvalue weighted by Gasteiger charge is 2.10. The highest BCUT2D eigenvalue weighted by Crippen LogP contribution is 2.17. The summed E-state index contributed by atoms with van der Waals surface area (Å²) < 4.78 is 0. The van der Waals surface area contributed by atoms with E-state index in [0.29, 0.717) is 5.82 Å². The van der Waals surface area contributed by atoms with E-state index in [0.717, 1.165) is 6.54 Å². The standard InChI is InChI=1S/C7H11N5O/c1-4-12(3)6-5(8-2)7(13)10-11-9-6/h2,4H2,1,3H3,(H,9,10,13). The van der Waals surface area contributed by atoms with Gasteiger partial charge in [-0.05, 0) is 13.6 Å². The van der Waals surface area contributed by atoms with E-state index in [2.05, 4.69) is 27.1 Å². The molecule has 0 spiro atoms. The fourth-order valence-corrected chi connectivity index (χ4v) is 0.869. The number of nitrogens with one attached hydrogen (secondary N) is 1. The fourth-order valence-electron chi connectivity index (χ4n) is 0.869. The minimum absolute atomic E-state index is 0.208. The lowest BCUT2D eigenvalue weighted by molar-refractivity contribution is 0.807. The molecule has 1 heterocycles. The molecule has 0 aliphatic carbocycles. The SMILES string of the molecule is C=Nc1c(N(C)CC)nn[nH]c1=O. The van der Waals surface area contributed by atoms with Crippen molar-refractivity contribution in [2.45, 2.75) is 6.92 Å². The van der Waals surface area contributed by atoms with Crippen LogP contribution in [0.2, 0.25) is 0 Å². The maximum atomic E-state index is 11.2. The number of anilines is 1. The maximum absolute atomic E-state index is 11.2. The molecule has 0 saturated heterocycles. The lowest BCUT2D eigenvalue weighted by Crippen LogP contribution is -2.22. The number of aromatic nitrogens is 3. The van der Waals surface area contributed by atoms with Gasteiger partial charge in [-0.2, -0.15) is 0 Å². The molecule has 0 aliphatic heterocycles. The third kappa shape index (κ3) is 1.71. The van der Waals surface area contributed by atoms with Gasteiger partial charge < -0.3 is 4.90 Å². The third-order valence-corrected chi connectivity index (χ3v) is 1.72. The van der Waals surface area contributed by atoms with E-state index in [1.165, 1.54) is 0 Å². The summed E-state index contributed by atoms with van der Waals surface area (Å²) in [6.45, 7) is 5.97. The second kappa shape index (κ2) is 3.79. The molecule has 0 fully saturated rings. The van der Waals surface area contributed by atoms with Crippen LogP contribution in [0.25, 0.3) is 0 Å². The molecule has 6 heteroatoms. The fraction of sp³-hybridized carbons (Fsp3) is 0.429. The molecule has 0 saturated carbocycles. The van der Waals surface area contributed by atoms with Crippen molar-refractivity contribution >= 4 is 18.2 Å². The van der Waals surface area contributed by atoms with Crippen molar-refractivity contribution < 1.29 is 0 Å². The number of aliphatic imine (C=N–C) groups is 1. The molecule has 1 aromatic rings. The van der Waals surface area contributed by atoms with Crippen LogP contribution in [0.4, 0.5) is 11.5 Å². The van der Waals surface area contributed by atoms with Crippen molar-refractivity contribution in [2.75, 3.05) is 18.5 Å². The zero-order chi connectivity index (χ0) is 9.84. The number of hydrogen-bond donors (Lipinski definition) is 1. The Morgan fingerprint density at radius 2 is 2.38 bits per heavy atom.